The zero-order valence-electron chi connectivity index (χ0n) is 16.6. The Bertz CT molecular complexity index is 482. The Morgan fingerprint density at radius 1 is 1.24 bits per heavy atom. The number of ether oxygens (including phenoxy) is 1. The van der Waals surface area contributed by atoms with Gasteiger partial charge in [-0.15, -0.1) is 0 Å². The summed E-state index contributed by atoms with van der Waals surface area (Å²) in [4.78, 5) is 4.57. The van der Waals surface area contributed by atoms with E-state index in [9.17, 15) is 0 Å². The largest absolute Gasteiger partial charge is 0.381 e. The minimum Gasteiger partial charge on any atom is -0.381 e. The summed E-state index contributed by atoms with van der Waals surface area (Å²) in [6.45, 7) is 14.5. The van der Waals surface area contributed by atoms with Crippen molar-refractivity contribution in [2.24, 2.45) is 10.9 Å². The van der Waals surface area contributed by atoms with Crippen LogP contribution in [0, 0.1) is 5.92 Å². The van der Waals surface area contributed by atoms with E-state index >= 15 is 0 Å². The molecule has 0 spiro atoms. The lowest BCUT2D eigenvalue weighted by Crippen LogP contribution is -2.38. The molecule has 2 N–H and O–H groups in total. The van der Waals surface area contributed by atoms with Crippen molar-refractivity contribution >= 4 is 5.96 Å². The number of aliphatic imine (C=N–C) groups is 1. The Kier molecular flexibility index (Phi) is 11.0. The second-order valence-electron chi connectivity index (χ2n) is 6.68. The van der Waals surface area contributed by atoms with Crippen LogP contribution in [0.3, 0.4) is 0 Å². The fourth-order valence-electron chi connectivity index (χ4n) is 2.50. The number of hydrogen-bond acceptors (Lipinski definition) is 4. The van der Waals surface area contributed by atoms with Crippen molar-refractivity contribution in [2.45, 2.75) is 66.3 Å². The summed E-state index contributed by atoms with van der Waals surface area (Å²) in [5.41, 5.74) is 1.04. The molecule has 0 atom stereocenters. The number of hydrogen-bond donors (Lipinski definition) is 2. The highest BCUT2D eigenvalue weighted by Crippen LogP contribution is 2.22. The third kappa shape index (κ3) is 8.91. The molecule has 25 heavy (non-hydrogen) atoms. The molecule has 0 aliphatic carbocycles. The molecule has 1 heterocycles. The highest BCUT2D eigenvalue weighted by molar-refractivity contribution is 5.79. The molecule has 6 nitrogen and oxygen atoms in total. The molecule has 1 rings (SSSR count). The molecule has 1 aromatic heterocycles. The van der Waals surface area contributed by atoms with Crippen molar-refractivity contribution in [1.82, 2.24) is 15.8 Å². The van der Waals surface area contributed by atoms with Crippen LogP contribution in [0.25, 0.3) is 0 Å². The molecule has 0 radical (unpaired) electrons. The van der Waals surface area contributed by atoms with Gasteiger partial charge in [-0.25, -0.2) is 4.99 Å². The molecule has 0 amide bonds. The first-order valence-corrected chi connectivity index (χ1v) is 9.65. The average molecular weight is 353 g/mol. The lowest BCUT2D eigenvalue weighted by Gasteiger charge is -2.11. The lowest BCUT2D eigenvalue weighted by molar-refractivity contribution is 0.108. The first-order chi connectivity index (χ1) is 12.1. The first kappa shape index (κ1) is 21.5. The smallest absolute Gasteiger partial charge is 0.191 e. The quantitative estimate of drug-likeness (QED) is 0.341. The summed E-state index contributed by atoms with van der Waals surface area (Å²) in [7, 11) is 0. The van der Waals surface area contributed by atoms with Gasteiger partial charge in [0.25, 0.3) is 0 Å². The Hall–Kier alpha value is -1.56. The van der Waals surface area contributed by atoms with Crippen LogP contribution in [0.5, 0.6) is 0 Å². The van der Waals surface area contributed by atoms with E-state index < -0.39 is 0 Å². The molecule has 1 aromatic rings. The molecular formula is C19H36N4O2. The van der Waals surface area contributed by atoms with Gasteiger partial charge in [-0.05, 0) is 32.1 Å². The number of rotatable bonds is 12. The van der Waals surface area contributed by atoms with Crippen molar-refractivity contribution < 1.29 is 9.26 Å². The van der Waals surface area contributed by atoms with Gasteiger partial charge in [-0.3, -0.25) is 0 Å². The summed E-state index contributed by atoms with van der Waals surface area (Å²) in [6, 6.07) is 2.03. The predicted molar refractivity (Wildman–Crippen MR) is 103 cm³/mol. The van der Waals surface area contributed by atoms with Gasteiger partial charge in [-0.1, -0.05) is 32.9 Å². The molecule has 0 unspecified atom stereocenters. The zero-order valence-corrected chi connectivity index (χ0v) is 16.6. The van der Waals surface area contributed by atoms with Crippen LogP contribution in [0.15, 0.2) is 15.6 Å². The second kappa shape index (κ2) is 12.8. The maximum atomic E-state index is 5.59. The number of nitrogens with zero attached hydrogens (tertiary/aromatic N) is 2. The van der Waals surface area contributed by atoms with E-state index in [1.807, 2.05) is 6.07 Å². The average Bonchev–Trinajstić information content (AvgIpc) is 3.05. The van der Waals surface area contributed by atoms with Gasteiger partial charge < -0.3 is 19.9 Å². The molecule has 0 aliphatic rings. The summed E-state index contributed by atoms with van der Waals surface area (Å²) in [5.74, 6) is 2.66. The van der Waals surface area contributed by atoms with Crippen LogP contribution in [0.2, 0.25) is 0 Å². The van der Waals surface area contributed by atoms with E-state index in [1.54, 1.807) is 0 Å². The van der Waals surface area contributed by atoms with Gasteiger partial charge in [0, 0.05) is 38.3 Å². The van der Waals surface area contributed by atoms with Crippen molar-refractivity contribution in [3.8, 4) is 0 Å². The third-order valence-electron chi connectivity index (χ3n) is 3.93. The number of guanidine groups is 1. The minimum atomic E-state index is 0.471. The molecule has 144 valence electrons. The molecule has 0 fully saturated rings. The van der Waals surface area contributed by atoms with Crippen LogP contribution >= 0.6 is 0 Å². The SMILES string of the molecule is CCNC(=NCc1cc(C(CC)CC)no1)NCCCOCC(C)C. The van der Waals surface area contributed by atoms with Gasteiger partial charge in [-0.2, -0.15) is 0 Å². The van der Waals surface area contributed by atoms with Crippen LogP contribution in [-0.4, -0.2) is 37.4 Å². The van der Waals surface area contributed by atoms with E-state index in [0.717, 1.165) is 63.0 Å². The molecular weight excluding hydrogens is 316 g/mol. The van der Waals surface area contributed by atoms with Crippen LogP contribution in [0.4, 0.5) is 0 Å². The Morgan fingerprint density at radius 3 is 2.64 bits per heavy atom. The number of aromatic nitrogens is 1. The Balaban J connectivity index is 2.42. The predicted octanol–water partition coefficient (Wildman–Crippen LogP) is 3.70. The lowest BCUT2D eigenvalue weighted by atomic mass is 9.99. The van der Waals surface area contributed by atoms with Crippen molar-refractivity contribution in [2.75, 3.05) is 26.3 Å². The van der Waals surface area contributed by atoms with Gasteiger partial charge in [0.1, 0.15) is 6.54 Å². The standard InChI is InChI=1S/C19H36N4O2/c1-6-16(7-2)18-12-17(25-23-18)13-22-19(20-8-3)21-10-9-11-24-14-15(4)5/h12,15-16H,6-11,13-14H2,1-5H3,(H2,20,21,22). The minimum absolute atomic E-state index is 0.471. The van der Waals surface area contributed by atoms with Gasteiger partial charge >= 0.3 is 0 Å². The molecule has 0 saturated heterocycles. The number of nitrogens with one attached hydrogen (secondary N) is 2. The van der Waals surface area contributed by atoms with Gasteiger partial charge in [0.05, 0.1) is 5.69 Å². The summed E-state index contributed by atoms with van der Waals surface area (Å²) < 4.78 is 11.0. The molecule has 0 bridgehead atoms. The second-order valence-corrected chi connectivity index (χ2v) is 6.68. The molecule has 6 heteroatoms. The first-order valence-electron chi connectivity index (χ1n) is 9.65. The van der Waals surface area contributed by atoms with Gasteiger partial charge in [0.2, 0.25) is 0 Å². The third-order valence-corrected chi connectivity index (χ3v) is 3.93. The molecule has 0 aromatic carbocycles. The summed E-state index contributed by atoms with van der Waals surface area (Å²) in [6.07, 6.45) is 3.11. The van der Waals surface area contributed by atoms with Crippen molar-refractivity contribution in [3.05, 3.63) is 17.5 Å². The van der Waals surface area contributed by atoms with E-state index in [1.165, 1.54) is 0 Å². The summed E-state index contributed by atoms with van der Waals surface area (Å²) >= 11 is 0. The zero-order chi connectivity index (χ0) is 18.5. The Morgan fingerprint density at radius 2 is 2.00 bits per heavy atom. The highest BCUT2D eigenvalue weighted by atomic mass is 16.5. The van der Waals surface area contributed by atoms with E-state index in [2.05, 4.69) is 55.4 Å². The maximum Gasteiger partial charge on any atom is 0.191 e. The fourth-order valence-corrected chi connectivity index (χ4v) is 2.50. The highest BCUT2D eigenvalue weighted by Gasteiger charge is 2.12. The Labute approximate surface area is 152 Å². The normalized spacial score (nSPS) is 12.2. The van der Waals surface area contributed by atoms with E-state index in [0.29, 0.717) is 18.4 Å². The van der Waals surface area contributed by atoms with Crippen molar-refractivity contribution in [3.63, 3.8) is 0 Å². The molecule has 0 aliphatic heterocycles. The van der Waals surface area contributed by atoms with Crippen LogP contribution < -0.4 is 10.6 Å². The fraction of sp³-hybridized carbons (Fsp3) is 0.789. The maximum absolute atomic E-state index is 5.59. The van der Waals surface area contributed by atoms with Gasteiger partial charge in [0.15, 0.2) is 11.7 Å². The van der Waals surface area contributed by atoms with Crippen LogP contribution in [0.1, 0.15) is 71.3 Å². The molecule has 0 saturated carbocycles. The van der Waals surface area contributed by atoms with E-state index in [4.69, 9.17) is 9.26 Å². The summed E-state index contributed by atoms with van der Waals surface area (Å²) in [5, 5.41) is 10.8. The monoisotopic (exact) mass is 352 g/mol. The van der Waals surface area contributed by atoms with E-state index in [-0.39, 0.29) is 0 Å². The van der Waals surface area contributed by atoms with Crippen molar-refractivity contribution in [1.29, 1.82) is 0 Å². The topological polar surface area (TPSA) is 71.7 Å². The van der Waals surface area contributed by atoms with Crippen LogP contribution in [-0.2, 0) is 11.3 Å².